The summed E-state index contributed by atoms with van der Waals surface area (Å²) in [6.07, 6.45) is -1.13. The summed E-state index contributed by atoms with van der Waals surface area (Å²) in [5.41, 5.74) is 4.59. The van der Waals surface area contributed by atoms with Crippen LogP contribution in [0.2, 0.25) is 0 Å². The molecule has 0 aliphatic heterocycles. The molecule has 0 spiro atoms. The van der Waals surface area contributed by atoms with Gasteiger partial charge in [0.2, 0.25) is 0 Å². The van der Waals surface area contributed by atoms with Crippen LogP contribution in [0.1, 0.15) is 38.1 Å². The van der Waals surface area contributed by atoms with Crippen LogP contribution in [0.3, 0.4) is 0 Å². The predicted molar refractivity (Wildman–Crippen MR) is 170 cm³/mol. The number of rotatable bonds is 6. The van der Waals surface area contributed by atoms with Gasteiger partial charge in [-0.05, 0) is 69.0 Å². The molecule has 45 heavy (non-hydrogen) atoms. The van der Waals surface area contributed by atoms with E-state index in [0.717, 1.165) is 17.0 Å². The van der Waals surface area contributed by atoms with Crippen molar-refractivity contribution < 1.29 is 28.9 Å². The molecule has 6 aromatic rings. The number of halogens is 1. The van der Waals surface area contributed by atoms with Gasteiger partial charge in [-0.3, -0.25) is 0 Å². The second-order valence-corrected chi connectivity index (χ2v) is 11.8. The van der Waals surface area contributed by atoms with E-state index in [-0.39, 0.29) is 11.5 Å². The monoisotopic (exact) mass is 605 g/mol. The largest absolute Gasteiger partial charge is 0.507 e. The summed E-state index contributed by atoms with van der Waals surface area (Å²) < 4.78 is 26.9. The van der Waals surface area contributed by atoms with Crippen LogP contribution in [0.25, 0.3) is 50.1 Å². The fraction of sp³-hybridized carbons (Fsp3) is 0.194. The fourth-order valence-corrected chi connectivity index (χ4v) is 5.62. The number of aryl methyl sites for hydroxylation is 1. The average Bonchev–Trinajstić information content (AvgIpc) is 3.43. The summed E-state index contributed by atoms with van der Waals surface area (Å²) in [5, 5.41) is 27.5. The first-order chi connectivity index (χ1) is 21.4. The minimum Gasteiger partial charge on any atom is -0.507 e. The summed E-state index contributed by atoms with van der Waals surface area (Å²) >= 11 is 0. The summed E-state index contributed by atoms with van der Waals surface area (Å²) in [5.74, 6) is -1.16. The van der Waals surface area contributed by atoms with E-state index < -0.39 is 23.5 Å². The molecule has 4 aromatic carbocycles. The molecule has 0 fully saturated rings. The third-order valence-corrected chi connectivity index (χ3v) is 7.56. The van der Waals surface area contributed by atoms with Crippen molar-refractivity contribution in [3.8, 4) is 45.1 Å². The number of carbonyl (C=O) groups excluding carboxylic acids is 1. The van der Waals surface area contributed by atoms with Gasteiger partial charge in [-0.2, -0.15) is 5.10 Å². The number of hydrogen-bond donors (Lipinski definition) is 2. The number of aromatic nitrogens is 3. The highest BCUT2D eigenvalue weighted by Gasteiger charge is 2.34. The SMILES string of the molecule is COC(=O)C(OC(C)(C)C)c1c(C)nc2cc(-c3cccc(-c4ccc(F)cc4O)c3)nn2c1-c1ccc(O)c2ccccc12. The van der Waals surface area contributed by atoms with Gasteiger partial charge in [-0.15, -0.1) is 0 Å². The van der Waals surface area contributed by atoms with Gasteiger partial charge in [-0.1, -0.05) is 42.5 Å². The van der Waals surface area contributed by atoms with Crippen molar-refractivity contribution in [1.29, 1.82) is 0 Å². The molecule has 2 N–H and O–H groups in total. The highest BCUT2D eigenvalue weighted by Crippen LogP contribution is 2.41. The minimum atomic E-state index is -1.13. The van der Waals surface area contributed by atoms with E-state index in [9.17, 15) is 19.4 Å². The maximum Gasteiger partial charge on any atom is 0.339 e. The van der Waals surface area contributed by atoms with Crippen LogP contribution >= 0.6 is 0 Å². The Morgan fingerprint density at radius 1 is 0.867 bits per heavy atom. The third-order valence-electron chi connectivity index (χ3n) is 7.56. The van der Waals surface area contributed by atoms with Crippen LogP contribution in [0, 0.1) is 12.7 Å². The number of methoxy groups -OCH3 is 1. The van der Waals surface area contributed by atoms with Crippen molar-refractivity contribution in [2.45, 2.75) is 39.4 Å². The zero-order valence-corrected chi connectivity index (χ0v) is 25.5. The number of nitrogens with zero attached hydrogens (tertiary/aromatic N) is 3. The van der Waals surface area contributed by atoms with Crippen molar-refractivity contribution in [3.05, 3.63) is 102 Å². The number of phenols is 2. The van der Waals surface area contributed by atoms with Crippen molar-refractivity contribution >= 4 is 22.4 Å². The second kappa shape index (κ2) is 11.3. The van der Waals surface area contributed by atoms with Gasteiger partial charge in [0.25, 0.3) is 0 Å². The van der Waals surface area contributed by atoms with E-state index in [2.05, 4.69) is 0 Å². The average molecular weight is 606 g/mol. The molecule has 1 atom stereocenters. The molecule has 0 radical (unpaired) electrons. The summed E-state index contributed by atoms with van der Waals surface area (Å²) in [6.45, 7) is 7.39. The Bertz CT molecular complexity index is 2100. The molecule has 228 valence electrons. The summed E-state index contributed by atoms with van der Waals surface area (Å²) in [6, 6.07) is 24.0. The third kappa shape index (κ3) is 5.58. The Hall–Kier alpha value is -5.28. The van der Waals surface area contributed by atoms with E-state index in [1.54, 1.807) is 16.6 Å². The Kier molecular flexibility index (Phi) is 7.50. The molecular weight excluding hydrogens is 573 g/mol. The number of ether oxygens (including phenoxy) is 2. The summed E-state index contributed by atoms with van der Waals surface area (Å²) in [4.78, 5) is 18.2. The number of esters is 1. The molecule has 2 aromatic heterocycles. The zero-order chi connectivity index (χ0) is 32.0. The molecule has 0 saturated carbocycles. The Morgan fingerprint density at radius 2 is 1.58 bits per heavy atom. The van der Waals surface area contributed by atoms with Gasteiger partial charge < -0.3 is 19.7 Å². The van der Waals surface area contributed by atoms with Gasteiger partial charge in [0.15, 0.2) is 11.8 Å². The number of benzene rings is 4. The molecule has 6 rings (SSSR count). The Morgan fingerprint density at radius 3 is 2.29 bits per heavy atom. The van der Waals surface area contributed by atoms with Crippen LogP contribution in [0.15, 0.2) is 84.9 Å². The van der Waals surface area contributed by atoms with Crippen LogP contribution in [0.4, 0.5) is 4.39 Å². The molecule has 0 aliphatic carbocycles. The first-order valence-corrected chi connectivity index (χ1v) is 14.4. The second-order valence-electron chi connectivity index (χ2n) is 11.8. The van der Waals surface area contributed by atoms with Crippen molar-refractivity contribution in [2.75, 3.05) is 7.11 Å². The van der Waals surface area contributed by atoms with Gasteiger partial charge in [0.1, 0.15) is 17.3 Å². The molecule has 0 bridgehead atoms. The number of carbonyl (C=O) groups is 1. The van der Waals surface area contributed by atoms with Gasteiger partial charge in [-0.25, -0.2) is 18.7 Å². The summed E-state index contributed by atoms with van der Waals surface area (Å²) in [7, 11) is 1.32. The quantitative estimate of drug-likeness (QED) is 0.187. The molecular formula is C36H32FN3O5. The van der Waals surface area contributed by atoms with E-state index in [1.807, 2.05) is 82.3 Å². The highest BCUT2D eigenvalue weighted by molar-refractivity contribution is 6.01. The lowest BCUT2D eigenvalue weighted by Crippen LogP contribution is -2.29. The maximum atomic E-state index is 13.7. The molecule has 0 amide bonds. The number of hydrogen-bond acceptors (Lipinski definition) is 7. The smallest absolute Gasteiger partial charge is 0.339 e. The highest BCUT2D eigenvalue weighted by atomic mass is 19.1. The molecule has 9 heteroatoms. The van der Waals surface area contributed by atoms with Gasteiger partial charge >= 0.3 is 5.97 Å². The number of phenolic OH excluding ortho intramolecular Hbond substituents is 2. The Balaban J connectivity index is 1.64. The van der Waals surface area contributed by atoms with Gasteiger partial charge in [0, 0.05) is 45.5 Å². The lowest BCUT2D eigenvalue weighted by atomic mass is 9.94. The predicted octanol–water partition coefficient (Wildman–Crippen LogP) is 7.77. The number of fused-ring (bicyclic) bond motifs is 2. The molecule has 2 heterocycles. The first-order valence-electron chi connectivity index (χ1n) is 14.4. The van der Waals surface area contributed by atoms with Gasteiger partial charge in [0.05, 0.1) is 24.1 Å². The van der Waals surface area contributed by atoms with Crippen LogP contribution in [0.5, 0.6) is 11.5 Å². The first kappa shape index (κ1) is 29.8. The maximum absolute atomic E-state index is 13.7. The fourth-order valence-electron chi connectivity index (χ4n) is 5.62. The molecule has 8 nitrogen and oxygen atoms in total. The van der Waals surface area contributed by atoms with Crippen LogP contribution in [-0.4, -0.2) is 43.5 Å². The van der Waals surface area contributed by atoms with Crippen molar-refractivity contribution in [3.63, 3.8) is 0 Å². The Labute approximate surface area is 259 Å². The standard InChI is InChI=1S/C36H32FN3O5/c1-20-32(34(35(43)44-5)45-36(2,3)4)33(27-15-16-29(41)26-12-7-6-11-25(26)27)40-31(38-20)19-28(39-40)22-10-8-9-21(17-22)24-14-13-23(37)18-30(24)42/h6-19,34,41-42H,1-5H3. The van der Waals surface area contributed by atoms with E-state index in [1.165, 1.54) is 19.2 Å². The van der Waals surface area contributed by atoms with E-state index in [4.69, 9.17) is 19.6 Å². The van der Waals surface area contributed by atoms with E-state index in [0.29, 0.717) is 50.4 Å². The van der Waals surface area contributed by atoms with Crippen molar-refractivity contribution in [2.24, 2.45) is 0 Å². The normalized spacial score (nSPS) is 12.5. The van der Waals surface area contributed by atoms with Crippen LogP contribution < -0.4 is 0 Å². The van der Waals surface area contributed by atoms with Crippen molar-refractivity contribution in [1.82, 2.24) is 14.6 Å². The lowest BCUT2D eigenvalue weighted by Gasteiger charge is -2.28. The zero-order valence-electron chi connectivity index (χ0n) is 25.5. The minimum absolute atomic E-state index is 0.121. The topological polar surface area (TPSA) is 106 Å². The van der Waals surface area contributed by atoms with E-state index >= 15 is 0 Å². The molecule has 0 aliphatic rings. The molecule has 0 saturated heterocycles. The molecule has 1 unspecified atom stereocenters. The lowest BCUT2D eigenvalue weighted by molar-refractivity contribution is -0.164. The number of aromatic hydroxyl groups is 2. The van der Waals surface area contributed by atoms with Crippen LogP contribution in [-0.2, 0) is 14.3 Å².